The van der Waals surface area contributed by atoms with Gasteiger partial charge in [0, 0.05) is 45.6 Å². The van der Waals surface area contributed by atoms with Crippen LogP contribution in [-0.2, 0) is 11.8 Å². The average Bonchev–Trinajstić information content (AvgIpc) is 3.22. The third-order valence-electron chi connectivity index (χ3n) is 4.21. The molecule has 8 nitrogen and oxygen atoms in total. The molecule has 3 rings (SSSR count). The van der Waals surface area contributed by atoms with Crippen LogP contribution in [-0.4, -0.2) is 67.9 Å². The van der Waals surface area contributed by atoms with Gasteiger partial charge < -0.3 is 19.1 Å². The lowest BCUT2D eigenvalue weighted by molar-refractivity contribution is 0.0141. The quantitative estimate of drug-likeness (QED) is 0.821. The van der Waals surface area contributed by atoms with Crippen LogP contribution in [0.2, 0.25) is 0 Å². The van der Waals surface area contributed by atoms with Gasteiger partial charge in [-0.15, -0.1) is 0 Å². The van der Waals surface area contributed by atoms with Gasteiger partial charge in [0.15, 0.2) is 0 Å². The molecule has 2 amide bonds. The number of hydrogen-bond acceptors (Lipinski definition) is 4. The molecule has 1 saturated heterocycles. The van der Waals surface area contributed by atoms with Gasteiger partial charge in [-0.1, -0.05) is 0 Å². The smallest absolute Gasteiger partial charge is 0.410 e. The lowest BCUT2D eigenvalue weighted by atomic mass is 10.2. The van der Waals surface area contributed by atoms with Crippen molar-refractivity contribution in [1.82, 2.24) is 24.1 Å². The summed E-state index contributed by atoms with van der Waals surface area (Å²) in [5, 5.41) is 4.24. The minimum absolute atomic E-state index is 0.0781. The minimum Gasteiger partial charge on any atom is -0.444 e. The standard InChI is InChI=1S/C18H25N5O3/c1-18(2,3)26-17(25)23-11-9-22(10-12-23)16(24)14-13-19-20(4)15(14)21-7-5-6-8-21/h5-8,13H,9-12H2,1-4H3. The molecule has 1 aliphatic heterocycles. The number of piperazine rings is 1. The van der Waals surface area contributed by atoms with E-state index >= 15 is 0 Å². The Morgan fingerprint density at radius 2 is 1.62 bits per heavy atom. The summed E-state index contributed by atoms with van der Waals surface area (Å²) in [5.74, 6) is 0.653. The molecule has 0 aromatic carbocycles. The first-order valence-corrected chi connectivity index (χ1v) is 8.69. The molecular weight excluding hydrogens is 334 g/mol. The topological polar surface area (TPSA) is 72.6 Å². The maximum atomic E-state index is 13.0. The zero-order chi connectivity index (χ0) is 18.9. The Hall–Kier alpha value is -2.77. The van der Waals surface area contributed by atoms with Gasteiger partial charge in [0.1, 0.15) is 17.0 Å². The van der Waals surface area contributed by atoms with Gasteiger partial charge in [0.05, 0.1) is 6.20 Å². The van der Waals surface area contributed by atoms with Crippen LogP contribution in [0.3, 0.4) is 0 Å². The summed E-state index contributed by atoms with van der Waals surface area (Å²) in [6.45, 7) is 7.39. The number of amides is 2. The van der Waals surface area contributed by atoms with Crippen LogP contribution in [0.4, 0.5) is 4.79 Å². The van der Waals surface area contributed by atoms with Gasteiger partial charge in [0.2, 0.25) is 0 Å². The Morgan fingerprint density at radius 1 is 1.04 bits per heavy atom. The number of nitrogens with zero attached hydrogens (tertiary/aromatic N) is 5. The third kappa shape index (κ3) is 3.74. The summed E-state index contributed by atoms with van der Waals surface area (Å²) >= 11 is 0. The normalized spacial score (nSPS) is 15.2. The van der Waals surface area contributed by atoms with Crippen molar-refractivity contribution in [2.24, 2.45) is 7.05 Å². The molecule has 26 heavy (non-hydrogen) atoms. The van der Waals surface area contributed by atoms with Gasteiger partial charge in [-0.3, -0.25) is 9.48 Å². The summed E-state index contributed by atoms with van der Waals surface area (Å²) < 4.78 is 8.95. The Balaban J connectivity index is 1.68. The summed E-state index contributed by atoms with van der Waals surface area (Å²) in [5.41, 5.74) is 0.0280. The number of carbonyl (C=O) groups excluding carboxylic acids is 2. The minimum atomic E-state index is -0.522. The van der Waals surface area contributed by atoms with Gasteiger partial charge in [-0.2, -0.15) is 5.10 Å². The predicted octanol–water partition coefficient (Wildman–Crippen LogP) is 1.90. The Kier molecular flexibility index (Phi) is 4.76. The van der Waals surface area contributed by atoms with Crippen LogP contribution in [0.15, 0.2) is 30.7 Å². The molecule has 2 aromatic rings. The first kappa shape index (κ1) is 18.0. The highest BCUT2D eigenvalue weighted by Crippen LogP contribution is 2.18. The summed E-state index contributed by atoms with van der Waals surface area (Å²) in [7, 11) is 1.81. The van der Waals surface area contributed by atoms with E-state index in [1.54, 1.807) is 20.7 Å². The van der Waals surface area contributed by atoms with E-state index in [4.69, 9.17) is 4.74 Å². The summed E-state index contributed by atoms with van der Waals surface area (Å²) in [4.78, 5) is 28.5. The molecule has 0 atom stereocenters. The third-order valence-corrected chi connectivity index (χ3v) is 4.21. The van der Waals surface area contributed by atoms with Crippen molar-refractivity contribution >= 4 is 12.0 Å². The number of aromatic nitrogens is 3. The predicted molar refractivity (Wildman–Crippen MR) is 96.2 cm³/mol. The Bertz CT molecular complexity index is 780. The van der Waals surface area contributed by atoms with Gasteiger partial charge in [-0.25, -0.2) is 4.79 Å². The largest absolute Gasteiger partial charge is 0.444 e. The van der Waals surface area contributed by atoms with Crippen molar-refractivity contribution in [2.45, 2.75) is 26.4 Å². The highest BCUT2D eigenvalue weighted by Gasteiger charge is 2.29. The van der Waals surface area contributed by atoms with E-state index < -0.39 is 5.60 Å². The zero-order valence-electron chi connectivity index (χ0n) is 15.7. The van der Waals surface area contributed by atoms with E-state index in [1.165, 1.54) is 0 Å². The second kappa shape index (κ2) is 6.86. The number of ether oxygens (including phenoxy) is 1. The zero-order valence-corrected chi connectivity index (χ0v) is 15.7. The van der Waals surface area contributed by atoms with Crippen molar-refractivity contribution in [1.29, 1.82) is 0 Å². The molecule has 1 aliphatic rings. The molecule has 0 unspecified atom stereocenters. The fraction of sp³-hybridized carbons (Fsp3) is 0.500. The molecule has 0 N–H and O–H groups in total. The van der Waals surface area contributed by atoms with E-state index in [-0.39, 0.29) is 12.0 Å². The maximum absolute atomic E-state index is 13.0. The highest BCUT2D eigenvalue weighted by atomic mass is 16.6. The molecule has 0 spiro atoms. The van der Waals surface area contributed by atoms with Crippen molar-refractivity contribution in [3.63, 3.8) is 0 Å². The van der Waals surface area contributed by atoms with E-state index in [0.717, 1.165) is 5.82 Å². The number of carbonyl (C=O) groups is 2. The first-order valence-electron chi connectivity index (χ1n) is 8.69. The van der Waals surface area contributed by atoms with Gasteiger partial charge >= 0.3 is 6.09 Å². The van der Waals surface area contributed by atoms with Crippen LogP contribution in [0.1, 0.15) is 31.1 Å². The fourth-order valence-corrected chi connectivity index (χ4v) is 2.95. The number of hydrogen-bond donors (Lipinski definition) is 0. The molecule has 0 aliphatic carbocycles. The lowest BCUT2D eigenvalue weighted by Crippen LogP contribution is -2.51. The maximum Gasteiger partial charge on any atom is 0.410 e. The van der Waals surface area contributed by atoms with E-state index in [0.29, 0.717) is 31.7 Å². The Labute approximate surface area is 152 Å². The number of aryl methyl sites for hydroxylation is 1. The Morgan fingerprint density at radius 3 is 2.19 bits per heavy atom. The van der Waals surface area contributed by atoms with E-state index in [2.05, 4.69) is 5.10 Å². The molecule has 140 valence electrons. The molecule has 2 aromatic heterocycles. The SMILES string of the molecule is Cn1ncc(C(=O)N2CCN(C(=O)OC(C)(C)C)CC2)c1-n1cccc1. The summed E-state index contributed by atoms with van der Waals surface area (Å²) in [6.07, 6.45) is 5.03. The van der Waals surface area contributed by atoms with Crippen LogP contribution >= 0.6 is 0 Å². The fourth-order valence-electron chi connectivity index (χ4n) is 2.95. The van der Waals surface area contributed by atoms with Crippen LogP contribution < -0.4 is 0 Å². The second-order valence-corrected chi connectivity index (χ2v) is 7.36. The van der Waals surface area contributed by atoms with Gasteiger partial charge in [-0.05, 0) is 32.9 Å². The lowest BCUT2D eigenvalue weighted by Gasteiger charge is -2.35. The van der Waals surface area contributed by atoms with Gasteiger partial charge in [0.25, 0.3) is 5.91 Å². The molecule has 0 bridgehead atoms. The monoisotopic (exact) mass is 359 g/mol. The van der Waals surface area contributed by atoms with Crippen molar-refractivity contribution in [3.05, 3.63) is 36.3 Å². The van der Waals surface area contributed by atoms with Crippen molar-refractivity contribution in [2.75, 3.05) is 26.2 Å². The molecular formula is C18H25N5O3. The number of rotatable bonds is 2. The molecule has 3 heterocycles. The molecule has 0 saturated carbocycles. The van der Waals surface area contributed by atoms with Crippen LogP contribution in [0, 0.1) is 0 Å². The second-order valence-electron chi connectivity index (χ2n) is 7.36. The highest BCUT2D eigenvalue weighted by molar-refractivity contribution is 5.97. The van der Waals surface area contributed by atoms with E-state index in [1.807, 2.05) is 56.9 Å². The molecule has 8 heteroatoms. The van der Waals surface area contributed by atoms with Crippen molar-refractivity contribution < 1.29 is 14.3 Å². The van der Waals surface area contributed by atoms with Crippen molar-refractivity contribution in [3.8, 4) is 5.82 Å². The molecule has 0 radical (unpaired) electrons. The average molecular weight is 359 g/mol. The first-order chi connectivity index (χ1) is 12.3. The van der Waals surface area contributed by atoms with Crippen LogP contribution in [0.25, 0.3) is 5.82 Å². The van der Waals surface area contributed by atoms with Crippen LogP contribution in [0.5, 0.6) is 0 Å². The molecule has 1 fully saturated rings. The summed E-state index contributed by atoms with van der Waals surface area (Å²) in [6, 6.07) is 3.81. The van der Waals surface area contributed by atoms with E-state index in [9.17, 15) is 9.59 Å².